The Hall–Kier alpha value is -1.71. The van der Waals surface area contributed by atoms with E-state index in [9.17, 15) is 4.79 Å². The number of nitrogens with zero attached hydrogens (tertiary/aromatic N) is 2. The van der Waals surface area contributed by atoms with Gasteiger partial charge in [-0.1, -0.05) is 13.3 Å². The molecule has 14 heavy (non-hydrogen) atoms. The maximum Gasteiger partial charge on any atom is 0.258 e. The van der Waals surface area contributed by atoms with Gasteiger partial charge < -0.3 is 4.98 Å². The summed E-state index contributed by atoms with van der Waals surface area (Å²) in [4.78, 5) is 22.1. The third kappa shape index (κ3) is 1.39. The van der Waals surface area contributed by atoms with Gasteiger partial charge in [0.2, 0.25) is 0 Å². The molecule has 0 aliphatic carbocycles. The molecule has 2 heterocycles. The molecule has 0 bridgehead atoms. The number of nitrogens with one attached hydrogen (secondary N) is 1. The largest absolute Gasteiger partial charge is 0.328 e. The van der Waals surface area contributed by atoms with Crippen LogP contribution in [0.3, 0.4) is 0 Å². The normalized spacial score (nSPS) is 10.6. The van der Waals surface area contributed by atoms with Crippen molar-refractivity contribution >= 4 is 10.9 Å². The van der Waals surface area contributed by atoms with Crippen LogP contribution in [0, 0.1) is 0 Å². The number of aromatic amines is 1. The van der Waals surface area contributed by atoms with E-state index in [2.05, 4.69) is 21.9 Å². The first-order chi connectivity index (χ1) is 6.83. The van der Waals surface area contributed by atoms with Crippen LogP contribution in [0.1, 0.15) is 18.9 Å². The quantitative estimate of drug-likeness (QED) is 0.773. The molecule has 0 saturated carbocycles. The Morgan fingerprint density at radius 1 is 1.50 bits per heavy atom. The van der Waals surface area contributed by atoms with Crippen molar-refractivity contribution in [1.82, 2.24) is 15.0 Å². The summed E-state index contributed by atoms with van der Waals surface area (Å²) in [5.41, 5.74) is 1.72. The summed E-state index contributed by atoms with van der Waals surface area (Å²) in [5.74, 6) is 0. The third-order valence-corrected chi connectivity index (χ3v) is 2.16. The van der Waals surface area contributed by atoms with Crippen LogP contribution in [0.25, 0.3) is 10.9 Å². The van der Waals surface area contributed by atoms with Crippen molar-refractivity contribution in [3.63, 3.8) is 0 Å². The Labute approximate surface area is 81.0 Å². The van der Waals surface area contributed by atoms with Gasteiger partial charge in [0, 0.05) is 12.4 Å². The molecule has 0 spiro atoms. The molecule has 0 aliphatic heterocycles. The molecule has 4 nitrogen and oxygen atoms in total. The molecule has 0 radical (unpaired) electrons. The average Bonchev–Trinajstić information content (AvgIpc) is 2.23. The molecular formula is C10H11N3O. The van der Waals surface area contributed by atoms with Crippen LogP contribution >= 0.6 is 0 Å². The lowest BCUT2D eigenvalue weighted by atomic mass is 10.1. The molecular weight excluding hydrogens is 178 g/mol. The number of aryl methyl sites for hydroxylation is 1. The van der Waals surface area contributed by atoms with E-state index in [0.717, 1.165) is 23.9 Å². The minimum atomic E-state index is -0.125. The molecule has 72 valence electrons. The fourth-order valence-electron chi connectivity index (χ4n) is 1.51. The lowest BCUT2D eigenvalue weighted by Crippen LogP contribution is -2.08. The van der Waals surface area contributed by atoms with Gasteiger partial charge in [-0.15, -0.1) is 0 Å². The van der Waals surface area contributed by atoms with Crippen molar-refractivity contribution in [3.8, 4) is 0 Å². The van der Waals surface area contributed by atoms with Crippen molar-refractivity contribution < 1.29 is 0 Å². The monoisotopic (exact) mass is 189 g/mol. The van der Waals surface area contributed by atoms with E-state index in [1.54, 1.807) is 12.4 Å². The van der Waals surface area contributed by atoms with E-state index in [1.165, 1.54) is 6.33 Å². The van der Waals surface area contributed by atoms with Crippen LogP contribution in [-0.2, 0) is 6.42 Å². The molecule has 0 aliphatic rings. The summed E-state index contributed by atoms with van der Waals surface area (Å²) in [5, 5.41) is 0.568. The Balaban J connectivity index is 2.75. The molecule has 0 atom stereocenters. The number of hydrogen-bond donors (Lipinski definition) is 1. The van der Waals surface area contributed by atoms with Gasteiger partial charge >= 0.3 is 0 Å². The van der Waals surface area contributed by atoms with Gasteiger partial charge in [0.15, 0.2) is 0 Å². The first-order valence-electron chi connectivity index (χ1n) is 4.63. The van der Waals surface area contributed by atoms with Gasteiger partial charge in [-0.3, -0.25) is 4.79 Å². The van der Waals surface area contributed by atoms with Crippen LogP contribution in [-0.4, -0.2) is 15.0 Å². The molecule has 2 aromatic rings. The molecule has 0 amide bonds. The maximum atomic E-state index is 11.4. The van der Waals surface area contributed by atoms with Crippen LogP contribution in [0.4, 0.5) is 0 Å². The summed E-state index contributed by atoms with van der Waals surface area (Å²) in [7, 11) is 0. The number of rotatable bonds is 2. The van der Waals surface area contributed by atoms with E-state index in [1.807, 2.05) is 0 Å². The predicted molar refractivity (Wildman–Crippen MR) is 54.2 cm³/mol. The van der Waals surface area contributed by atoms with E-state index in [0.29, 0.717) is 5.39 Å². The lowest BCUT2D eigenvalue weighted by Gasteiger charge is -2.01. The first-order valence-corrected chi connectivity index (χ1v) is 4.63. The van der Waals surface area contributed by atoms with E-state index >= 15 is 0 Å². The highest BCUT2D eigenvalue weighted by molar-refractivity contribution is 5.79. The number of H-pyrrole nitrogens is 1. The Morgan fingerprint density at radius 3 is 3.14 bits per heavy atom. The zero-order chi connectivity index (χ0) is 9.97. The number of pyridine rings is 1. The molecule has 0 saturated heterocycles. The average molecular weight is 189 g/mol. The second kappa shape index (κ2) is 3.57. The molecule has 0 unspecified atom stereocenters. The van der Waals surface area contributed by atoms with Crippen molar-refractivity contribution in [2.45, 2.75) is 19.8 Å². The van der Waals surface area contributed by atoms with Crippen molar-refractivity contribution in [2.75, 3.05) is 0 Å². The van der Waals surface area contributed by atoms with Gasteiger partial charge in [-0.2, -0.15) is 0 Å². The SMILES string of the molecule is CCCc1c[nH]c(=O)c2cncnc12. The van der Waals surface area contributed by atoms with Crippen molar-refractivity contribution in [1.29, 1.82) is 0 Å². The molecule has 4 heteroatoms. The van der Waals surface area contributed by atoms with E-state index < -0.39 is 0 Å². The van der Waals surface area contributed by atoms with Crippen molar-refractivity contribution in [3.05, 3.63) is 34.6 Å². The third-order valence-electron chi connectivity index (χ3n) is 2.16. The minimum absolute atomic E-state index is 0.125. The summed E-state index contributed by atoms with van der Waals surface area (Å²) < 4.78 is 0. The van der Waals surface area contributed by atoms with Crippen LogP contribution in [0.2, 0.25) is 0 Å². The van der Waals surface area contributed by atoms with Gasteiger partial charge in [0.25, 0.3) is 5.56 Å². The highest BCUT2D eigenvalue weighted by Crippen LogP contribution is 2.11. The zero-order valence-corrected chi connectivity index (χ0v) is 7.95. The molecule has 2 rings (SSSR count). The summed E-state index contributed by atoms with van der Waals surface area (Å²) >= 11 is 0. The summed E-state index contributed by atoms with van der Waals surface area (Å²) in [6.45, 7) is 2.10. The summed E-state index contributed by atoms with van der Waals surface area (Å²) in [6.07, 6.45) is 6.72. The van der Waals surface area contributed by atoms with Crippen LogP contribution in [0.5, 0.6) is 0 Å². The van der Waals surface area contributed by atoms with Gasteiger partial charge in [0.1, 0.15) is 6.33 Å². The minimum Gasteiger partial charge on any atom is -0.328 e. The van der Waals surface area contributed by atoms with Gasteiger partial charge in [0.05, 0.1) is 10.9 Å². The summed E-state index contributed by atoms with van der Waals surface area (Å²) in [6, 6.07) is 0. The van der Waals surface area contributed by atoms with Crippen LogP contribution < -0.4 is 5.56 Å². The second-order valence-corrected chi connectivity index (χ2v) is 3.18. The molecule has 0 aromatic carbocycles. The Morgan fingerprint density at radius 2 is 2.36 bits per heavy atom. The maximum absolute atomic E-state index is 11.4. The first kappa shape index (κ1) is 8.87. The number of aromatic nitrogens is 3. The smallest absolute Gasteiger partial charge is 0.258 e. The Kier molecular flexibility index (Phi) is 2.26. The fourth-order valence-corrected chi connectivity index (χ4v) is 1.51. The van der Waals surface area contributed by atoms with E-state index in [-0.39, 0.29) is 5.56 Å². The van der Waals surface area contributed by atoms with Crippen LogP contribution in [0.15, 0.2) is 23.5 Å². The molecule has 1 N–H and O–H groups in total. The molecule has 2 aromatic heterocycles. The standard InChI is InChI=1S/C10H11N3O/c1-2-3-7-4-12-10(14)8-5-11-6-13-9(7)8/h4-6H,2-3H2,1H3,(H,12,14). The van der Waals surface area contributed by atoms with Gasteiger partial charge in [-0.05, 0) is 12.0 Å². The number of fused-ring (bicyclic) bond motifs is 1. The topological polar surface area (TPSA) is 58.6 Å². The fraction of sp³-hybridized carbons (Fsp3) is 0.300. The lowest BCUT2D eigenvalue weighted by molar-refractivity contribution is 0.916. The molecule has 0 fully saturated rings. The highest BCUT2D eigenvalue weighted by Gasteiger charge is 2.04. The Bertz CT molecular complexity index is 504. The van der Waals surface area contributed by atoms with Crippen molar-refractivity contribution in [2.24, 2.45) is 0 Å². The number of hydrogen-bond acceptors (Lipinski definition) is 3. The predicted octanol–water partition coefficient (Wildman–Crippen LogP) is 1.27. The van der Waals surface area contributed by atoms with Gasteiger partial charge in [-0.25, -0.2) is 9.97 Å². The zero-order valence-electron chi connectivity index (χ0n) is 7.95. The van der Waals surface area contributed by atoms with E-state index in [4.69, 9.17) is 0 Å². The second-order valence-electron chi connectivity index (χ2n) is 3.18. The highest BCUT2D eigenvalue weighted by atomic mass is 16.1.